The van der Waals surface area contributed by atoms with Crippen molar-refractivity contribution in [3.63, 3.8) is 0 Å². The minimum Gasteiger partial charge on any atom is -0.465 e. The molecule has 0 aliphatic heterocycles. The molecule has 1 unspecified atom stereocenters. The first-order valence-corrected chi connectivity index (χ1v) is 6.90. The minimum absolute atomic E-state index is 0.183. The fraction of sp³-hybridized carbons (Fsp3) is 0.286. The highest BCUT2D eigenvalue weighted by Crippen LogP contribution is 2.21. The van der Waals surface area contributed by atoms with Crippen molar-refractivity contribution in [2.45, 2.75) is 19.9 Å². The van der Waals surface area contributed by atoms with E-state index in [0.717, 1.165) is 5.82 Å². The Kier molecular flexibility index (Phi) is 4.16. The Bertz CT molecular complexity index is 567. The predicted octanol–water partition coefficient (Wildman–Crippen LogP) is 3.41. The maximum absolute atomic E-state index is 11.5. The summed E-state index contributed by atoms with van der Waals surface area (Å²) in [6, 6.07) is 5.79. The van der Waals surface area contributed by atoms with Crippen LogP contribution in [0.3, 0.4) is 0 Å². The number of pyridine rings is 1. The molecule has 0 spiro atoms. The third-order valence-electron chi connectivity index (χ3n) is 2.90. The second-order valence-corrected chi connectivity index (χ2v) is 5.02. The average Bonchev–Trinajstić information content (AvgIpc) is 2.92. The molecule has 2 rings (SSSR count). The molecule has 0 aromatic carbocycles. The van der Waals surface area contributed by atoms with Gasteiger partial charge >= 0.3 is 5.97 Å². The zero-order chi connectivity index (χ0) is 13.8. The molecule has 1 atom stereocenters. The number of hydrogen-bond acceptors (Lipinski definition) is 5. The number of nitrogens with one attached hydrogen (secondary N) is 1. The Morgan fingerprint density at radius 1 is 1.42 bits per heavy atom. The summed E-state index contributed by atoms with van der Waals surface area (Å²) in [6.45, 7) is 3.87. The van der Waals surface area contributed by atoms with Gasteiger partial charge in [-0.25, -0.2) is 9.78 Å². The summed E-state index contributed by atoms with van der Waals surface area (Å²) in [5.41, 5.74) is 2.38. The number of carbonyl (C=O) groups excluding carboxylic acids is 1. The second kappa shape index (κ2) is 5.84. The standard InChI is InChI=1S/C14H16N2O2S/c1-9(11-6-7-19-8-11)15-13-5-4-12(10(2)16-13)14(17)18-3/h4-9H,1-3H3,(H,15,16). The number of thiophene rings is 1. The van der Waals surface area contributed by atoms with E-state index < -0.39 is 0 Å². The van der Waals surface area contributed by atoms with Crippen LogP contribution in [0, 0.1) is 6.92 Å². The van der Waals surface area contributed by atoms with Crippen molar-refractivity contribution < 1.29 is 9.53 Å². The van der Waals surface area contributed by atoms with E-state index in [0.29, 0.717) is 11.3 Å². The van der Waals surface area contributed by atoms with Crippen molar-refractivity contribution in [3.05, 3.63) is 45.8 Å². The van der Waals surface area contributed by atoms with Crippen LogP contribution in [0.4, 0.5) is 5.82 Å². The normalized spacial score (nSPS) is 11.9. The molecule has 5 heteroatoms. The van der Waals surface area contributed by atoms with Crippen LogP contribution in [0.2, 0.25) is 0 Å². The summed E-state index contributed by atoms with van der Waals surface area (Å²) in [6.07, 6.45) is 0. The lowest BCUT2D eigenvalue weighted by atomic mass is 10.1. The van der Waals surface area contributed by atoms with Gasteiger partial charge in [0.25, 0.3) is 0 Å². The fourth-order valence-corrected chi connectivity index (χ4v) is 2.55. The van der Waals surface area contributed by atoms with E-state index in [2.05, 4.69) is 28.7 Å². The van der Waals surface area contributed by atoms with Gasteiger partial charge < -0.3 is 10.1 Å². The summed E-state index contributed by atoms with van der Waals surface area (Å²) in [7, 11) is 1.37. The number of carbonyl (C=O) groups is 1. The quantitative estimate of drug-likeness (QED) is 0.869. The van der Waals surface area contributed by atoms with Gasteiger partial charge in [-0.3, -0.25) is 0 Å². The molecule has 19 heavy (non-hydrogen) atoms. The summed E-state index contributed by atoms with van der Waals surface area (Å²) in [4.78, 5) is 15.9. The van der Waals surface area contributed by atoms with Gasteiger partial charge in [0.05, 0.1) is 24.4 Å². The molecule has 4 nitrogen and oxygen atoms in total. The van der Waals surface area contributed by atoms with Crippen LogP contribution in [0.5, 0.6) is 0 Å². The van der Waals surface area contributed by atoms with Gasteiger partial charge in [0, 0.05) is 0 Å². The summed E-state index contributed by atoms with van der Waals surface area (Å²) in [5, 5.41) is 7.47. The summed E-state index contributed by atoms with van der Waals surface area (Å²) >= 11 is 1.67. The van der Waals surface area contributed by atoms with E-state index in [1.54, 1.807) is 30.4 Å². The number of hydrogen-bond donors (Lipinski definition) is 1. The lowest BCUT2D eigenvalue weighted by molar-refractivity contribution is 0.0599. The molecule has 1 N–H and O–H groups in total. The van der Waals surface area contributed by atoms with Gasteiger partial charge in [-0.15, -0.1) is 0 Å². The Labute approximate surface area is 116 Å². The van der Waals surface area contributed by atoms with Crippen molar-refractivity contribution in [3.8, 4) is 0 Å². The molecule has 0 saturated carbocycles. The smallest absolute Gasteiger partial charge is 0.339 e. The molecule has 0 aliphatic rings. The maximum Gasteiger partial charge on any atom is 0.339 e. The number of rotatable bonds is 4. The zero-order valence-corrected chi connectivity index (χ0v) is 12.0. The topological polar surface area (TPSA) is 51.2 Å². The van der Waals surface area contributed by atoms with Gasteiger partial charge in [0.2, 0.25) is 0 Å². The van der Waals surface area contributed by atoms with E-state index in [9.17, 15) is 4.79 Å². The van der Waals surface area contributed by atoms with E-state index >= 15 is 0 Å². The largest absolute Gasteiger partial charge is 0.465 e. The van der Waals surface area contributed by atoms with Crippen molar-refractivity contribution in [1.82, 2.24) is 4.98 Å². The lowest BCUT2D eigenvalue weighted by Gasteiger charge is -2.14. The Hall–Kier alpha value is -1.88. The SMILES string of the molecule is COC(=O)c1ccc(NC(C)c2ccsc2)nc1C. The van der Waals surface area contributed by atoms with Crippen molar-refractivity contribution in [1.29, 1.82) is 0 Å². The lowest BCUT2D eigenvalue weighted by Crippen LogP contribution is -2.10. The van der Waals surface area contributed by atoms with Crippen LogP contribution < -0.4 is 5.32 Å². The van der Waals surface area contributed by atoms with E-state index in [1.807, 2.05) is 5.38 Å². The van der Waals surface area contributed by atoms with Crippen LogP contribution in [0.25, 0.3) is 0 Å². The summed E-state index contributed by atoms with van der Waals surface area (Å²) < 4.78 is 4.70. The van der Waals surface area contributed by atoms with Gasteiger partial charge in [0.15, 0.2) is 0 Å². The predicted molar refractivity (Wildman–Crippen MR) is 76.7 cm³/mol. The Balaban J connectivity index is 2.14. The zero-order valence-electron chi connectivity index (χ0n) is 11.1. The Morgan fingerprint density at radius 2 is 2.21 bits per heavy atom. The van der Waals surface area contributed by atoms with Crippen LogP contribution in [-0.2, 0) is 4.74 Å². The molecule has 2 heterocycles. The average molecular weight is 276 g/mol. The first-order valence-electron chi connectivity index (χ1n) is 5.96. The molecule has 0 amide bonds. The fourth-order valence-electron chi connectivity index (χ4n) is 1.79. The second-order valence-electron chi connectivity index (χ2n) is 4.24. The maximum atomic E-state index is 11.5. The number of anilines is 1. The molecule has 100 valence electrons. The number of nitrogens with zero attached hydrogens (tertiary/aromatic N) is 1. The molecule has 0 radical (unpaired) electrons. The highest BCUT2D eigenvalue weighted by molar-refractivity contribution is 7.07. The number of esters is 1. The Morgan fingerprint density at radius 3 is 2.79 bits per heavy atom. The molecule has 0 fully saturated rings. The molecule has 2 aromatic rings. The van der Waals surface area contributed by atoms with Crippen LogP contribution >= 0.6 is 11.3 Å². The molecular weight excluding hydrogens is 260 g/mol. The number of methoxy groups -OCH3 is 1. The van der Waals surface area contributed by atoms with E-state index in [4.69, 9.17) is 4.74 Å². The minimum atomic E-state index is -0.359. The van der Waals surface area contributed by atoms with Crippen molar-refractivity contribution in [2.24, 2.45) is 0 Å². The first-order chi connectivity index (χ1) is 9.11. The number of ether oxygens (including phenoxy) is 1. The van der Waals surface area contributed by atoms with Gasteiger partial charge in [-0.05, 0) is 48.4 Å². The van der Waals surface area contributed by atoms with Gasteiger partial charge in [-0.2, -0.15) is 11.3 Å². The monoisotopic (exact) mass is 276 g/mol. The third kappa shape index (κ3) is 3.12. The van der Waals surface area contributed by atoms with E-state index in [-0.39, 0.29) is 12.0 Å². The van der Waals surface area contributed by atoms with Crippen molar-refractivity contribution in [2.75, 3.05) is 12.4 Å². The van der Waals surface area contributed by atoms with Crippen LogP contribution in [0.15, 0.2) is 29.0 Å². The first kappa shape index (κ1) is 13.5. The van der Waals surface area contributed by atoms with Gasteiger partial charge in [0.1, 0.15) is 5.82 Å². The molecular formula is C14H16N2O2S. The molecule has 0 aliphatic carbocycles. The number of aryl methyl sites for hydroxylation is 1. The van der Waals surface area contributed by atoms with Crippen LogP contribution in [-0.4, -0.2) is 18.1 Å². The van der Waals surface area contributed by atoms with Gasteiger partial charge in [-0.1, -0.05) is 0 Å². The van der Waals surface area contributed by atoms with Crippen LogP contribution in [0.1, 0.15) is 34.6 Å². The highest BCUT2D eigenvalue weighted by atomic mass is 32.1. The summed E-state index contributed by atoms with van der Waals surface area (Å²) in [5.74, 6) is 0.395. The van der Waals surface area contributed by atoms with Crippen molar-refractivity contribution >= 4 is 23.1 Å². The highest BCUT2D eigenvalue weighted by Gasteiger charge is 2.12. The molecule has 2 aromatic heterocycles. The third-order valence-corrected chi connectivity index (χ3v) is 3.60. The molecule has 0 saturated heterocycles. The number of aromatic nitrogens is 1. The van der Waals surface area contributed by atoms with E-state index in [1.165, 1.54) is 12.7 Å². The molecule has 0 bridgehead atoms.